The Morgan fingerprint density at radius 3 is 2.56 bits per heavy atom. The molecule has 3 aliphatic rings. The molecule has 0 aliphatic carbocycles. The zero-order chi connectivity index (χ0) is 24.7. The van der Waals surface area contributed by atoms with Crippen LogP contribution in [0.2, 0.25) is 0 Å². The third-order valence-electron chi connectivity index (χ3n) is 6.88. The molecule has 0 saturated heterocycles. The average Bonchev–Trinajstić information content (AvgIpc) is 3.59. The van der Waals surface area contributed by atoms with E-state index in [1.807, 2.05) is 54.6 Å². The highest BCUT2D eigenvalue weighted by molar-refractivity contribution is 6.11. The zero-order valence-corrected chi connectivity index (χ0v) is 19.7. The van der Waals surface area contributed by atoms with Crippen molar-refractivity contribution in [1.82, 2.24) is 10.6 Å². The molecule has 0 saturated carbocycles. The quantitative estimate of drug-likeness (QED) is 0.555. The van der Waals surface area contributed by atoms with Gasteiger partial charge in [-0.15, -0.1) is 0 Å². The lowest BCUT2D eigenvalue weighted by molar-refractivity contribution is -0.122. The van der Waals surface area contributed by atoms with Gasteiger partial charge in [0.15, 0.2) is 11.5 Å². The van der Waals surface area contributed by atoms with E-state index in [1.54, 1.807) is 18.1 Å². The molecular formula is C27H25N3O6. The van der Waals surface area contributed by atoms with Crippen molar-refractivity contribution in [3.63, 3.8) is 0 Å². The smallest absolute Gasteiger partial charge is 0.315 e. The Morgan fingerprint density at radius 1 is 0.972 bits per heavy atom. The number of nitrogens with zero attached hydrogens (tertiary/aromatic N) is 1. The summed E-state index contributed by atoms with van der Waals surface area (Å²) < 4.78 is 22.2. The van der Waals surface area contributed by atoms with Crippen molar-refractivity contribution in [3.05, 3.63) is 77.4 Å². The maximum atomic E-state index is 13.9. The predicted octanol–water partition coefficient (Wildman–Crippen LogP) is 2.95. The van der Waals surface area contributed by atoms with Gasteiger partial charge in [-0.05, 0) is 35.4 Å². The van der Waals surface area contributed by atoms with Crippen LogP contribution in [0, 0.1) is 0 Å². The van der Waals surface area contributed by atoms with E-state index in [2.05, 4.69) is 10.6 Å². The summed E-state index contributed by atoms with van der Waals surface area (Å²) in [6.45, 7) is 1.35. The van der Waals surface area contributed by atoms with Crippen molar-refractivity contribution in [2.24, 2.45) is 0 Å². The standard InChI is InChI=1S/C27H25N3O6/c1-33-18-8-6-17(7-9-18)14-29-26(32)28-10-11-30-21-5-3-2-4-19(21)27(25(30)31)15-34-22-13-24-23(12-20(22)27)35-16-36-24/h2-9,12-13H,10-11,14-16H2,1H3,(H2,28,29,32). The van der Waals surface area contributed by atoms with E-state index in [0.717, 1.165) is 28.1 Å². The lowest BCUT2D eigenvalue weighted by atomic mass is 9.77. The summed E-state index contributed by atoms with van der Waals surface area (Å²) in [6.07, 6.45) is 0. The Balaban J connectivity index is 1.15. The number of carbonyl (C=O) groups excluding carboxylic acids is 2. The summed E-state index contributed by atoms with van der Waals surface area (Å²) in [7, 11) is 1.61. The number of methoxy groups -OCH3 is 1. The van der Waals surface area contributed by atoms with Crippen molar-refractivity contribution in [2.75, 3.05) is 38.5 Å². The molecule has 2 N–H and O–H groups in total. The van der Waals surface area contributed by atoms with E-state index >= 15 is 0 Å². The molecule has 0 radical (unpaired) electrons. The minimum Gasteiger partial charge on any atom is -0.497 e. The number of benzene rings is 3. The van der Waals surface area contributed by atoms with Crippen molar-refractivity contribution in [1.29, 1.82) is 0 Å². The van der Waals surface area contributed by atoms with Gasteiger partial charge in [0.1, 0.15) is 23.5 Å². The second-order valence-corrected chi connectivity index (χ2v) is 8.83. The normalized spacial score (nSPS) is 18.6. The fraction of sp³-hybridized carbons (Fsp3) is 0.259. The largest absolute Gasteiger partial charge is 0.497 e. The van der Waals surface area contributed by atoms with E-state index in [0.29, 0.717) is 36.9 Å². The first kappa shape index (κ1) is 22.1. The van der Waals surface area contributed by atoms with Crippen LogP contribution < -0.4 is 34.5 Å². The summed E-state index contributed by atoms with van der Waals surface area (Å²) in [6, 6.07) is 18.5. The van der Waals surface area contributed by atoms with Crippen LogP contribution in [-0.4, -0.2) is 45.5 Å². The molecule has 3 heterocycles. The fourth-order valence-corrected chi connectivity index (χ4v) is 5.06. The number of fused-ring (bicyclic) bond motifs is 5. The van der Waals surface area contributed by atoms with Crippen LogP contribution in [0.4, 0.5) is 10.5 Å². The molecule has 0 bridgehead atoms. The number of nitrogens with one attached hydrogen (secondary N) is 2. The maximum Gasteiger partial charge on any atom is 0.315 e. The molecule has 3 aromatic carbocycles. The number of anilines is 1. The third kappa shape index (κ3) is 3.46. The Morgan fingerprint density at radius 2 is 1.75 bits per heavy atom. The van der Waals surface area contributed by atoms with Crippen LogP contribution in [-0.2, 0) is 16.8 Å². The van der Waals surface area contributed by atoms with Gasteiger partial charge in [-0.1, -0.05) is 30.3 Å². The summed E-state index contributed by atoms with van der Waals surface area (Å²) >= 11 is 0. The molecule has 0 fully saturated rings. The number of amides is 3. The van der Waals surface area contributed by atoms with Gasteiger partial charge in [0.05, 0.1) is 7.11 Å². The van der Waals surface area contributed by atoms with E-state index in [9.17, 15) is 9.59 Å². The van der Waals surface area contributed by atoms with E-state index in [-0.39, 0.29) is 25.3 Å². The monoisotopic (exact) mass is 487 g/mol. The molecule has 1 unspecified atom stereocenters. The minimum absolute atomic E-state index is 0.0817. The number of urea groups is 1. The molecule has 3 aliphatic heterocycles. The first-order valence-electron chi connectivity index (χ1n) is 11.7. The number of hydrogen-bond acceptors (Lipinski definition) is 6. The van der Waals surface area contributed by atoms with E-state index < -0.39 is 5.41 Å². The molecular weight excluding hydrogens is 462 g/mol. The molecule has 36 heavy (non-hydrogen) atoms. The van der Waals surface area contributed by atoms with Gasteiger partial charge in [0, 0.05) is 37.0 Å². The molecule has 184 valence electrons. The SMILES string of the molecule is COc1ccc(CNC(=O)NCCN2C(=O)C3(COc4cc5c(cc43)OCO5)c3ccccc32)cc1. The average molecular weight is 488 g/mol. The highest BCUT2D eigenvalue weighted by atomic mass is 16.7. The molecule has 1 spiro atoms. The second-order valence-electron chi connectivity index (χ2n) is 8.83. The van der Waals surface area contributed by atoms with Crippen molar-refractivity contribution >= 4 is 17.6 Å². The number of ether oxygens (including phenoxy) is 4. The molecule has 6 rings (SSSR count). The van der Waals surface area contributed by atoms with Crippen LogP contribution in [0.15, 0.2) is 60.7 Å². The van der Waals surface area contributed by atoms with Gasteiger partial charge >= 0.3 is 6.03 Å². The molecule has 0 aromatic heterocycles. The van der Waals surface area contributed by atoms with Crippen LogP contribution in [0.5, 0.6) is 23.0 Å². The predicted molar refractivity (Wildman–Crippen MR) is 131 cm³/mol. The lowest BCUT2D eigenvalue weighted by Gasteiger charge is -2.23. The van der Waals surface area contributed by atoms with Gasteiger partial charge in [0.2, 0.25) is 12.7 Å². The van der Waals surface area contributed by atoms with Crippen molar-refractivity contribution in [2.45, 2.75) is 12.0 Å². The molecule has 3 amide bonds. The van der Waals surface area contributed by atoms with Gasteiger partial charge in [-0.3, -0.25) is 4.79 Å². The van der Waals surface area contributed by atoms with E-state index in [1.165, 1.54) is 0 Å². The number of carbonyl (C=O) groups is 2. The number of para-hydroxylation sites is 1. The Labute approximate surface area is 207 Å². The highest BCUT2D eigenvalue weighted by Crippen LogP contribution is 2.54. The van der Waals surface area contributed by atoms with Crippen LogP contribution in [0.25, 0.3) is 0 Å². The van der Waals surface area contributed by atoms with Crippen molar-refractivity contribution < 1.29 is 28.5 Å². The molecule has 9 nitrogen and oxygen atoms in total. The Bertz CT molecular complexity index is 1340. The first-order chi connectivity index (χ1) is 17.6. The van der Waals surface area contributed by atoms with Crippen LogP contribution in [0.3, 0.4) is 0 Å². The highest BCUT2D eigenvalue weighted by Gasteiger charge is 2.57. The molecule has 9 heteroatoms. The second kappa shape index (κ2) is 8.67. The van der Waals surface area contributed by atoms with Crippen LogP contribution in [0.1, 0.15) is 16.7 Å². The van der Waals surface area contributed by atoms with Crippen LogP contribution >= 0.6 is 0 Å². The van der Waals surface area contributed by atoms with Gasteiger partial charge < -0.3 is 34.5 Å². The third-order valence-corrected chi connectivity index (χ3v) is 6.88. The summed E-state index contributed by atoms with van der Waals surface area (Å²) in [5.74, 6) is 2.53. The van der Waals surface area contributed by atoms with Crippen molar-refractivity contribution in [3.8, 4) is 23.0 Å². The maximum absolute atomic E-state index is 13.9. The summed E-state index contributed by atoms with van der Waals surface area (Å²) in [5, 5.41) is 5.69. The zero-order valence-electron chi connectivity index (χ0n) is 19.7. The Kier molecular flexibility index (Phi) is 5.32. The Hall–Kier alpha value is -4.40. The summed E-state index contributed by atoms with van der Waals surface area (Å²) in [5.41, 5.74) is 2.48. The van der Waals surface area contributed by atoms with Gasteiger partial charge in [-0.2, -0.15) is 0 Å². The number of hydrogen-bond donors (Lipinski definition) is 2. The van der Waals surface area contributed by atoms with E-state index in [4.69, 9.17) is 18.9 Å². The molecule has 3 aromatic rings. The fourth-order valence-electron chi connectivity index (χ4n) is 5.06. The summed E-state index contributed by atoms with van der Waals surface area (Å²) in [4.78, 5) is 28.0. The topological polar surface area (TPSA) is 98.4 Å². The number of rotatable bonds is 6. The van der Waals surface area contributed by atoms with Gasteiger partial charge in [0.25, 0.3) is 0 Å². The minimum atomic E-state index is -0.955. The first-order valence-corrected chi connectivity index (χ1v) is 11.7. The lowest BCUT2D eigenvalue weighted by Crippen LogP contribution is -2.46. The molecule has 1 atom stereocenters. The van der Waals surface area contributed by atoms with Gasteiger partial charge in [-0.25, -0.2) is 4.79 Å².